The minimum absolute atomic E-state index is 0.209. The van der Waals surface area contributed by atoms with Gasteiger partial charge in [-0.2, -0.15) is 0 Å². The van der Waals surface area contributed by atoms with Gasteiger partial charge < -0.3 is 19.3 Å². The van der Waals surface area contributed by atoms with Crippen molar-refractivity contribution in [2.24, 2.45) is 0 Å². The first kappa shape index (κ1) is 23.5. The Labute approximate surface area is 186 Å². The number of rotatable bonds is 7. The van der Waals surface area contributed by atoms with E-state index in [9.17, 15) is 23.2 Å². The topological polar surface area (TPSA) is 109 Å². The fourth-order valence-corrected chi connectivity index (χ4v) is 3.32. The van der Waals surface area contributed by atoms with Crippen LogP contribution in [-0.2, 0) is 6.54 Å². The summed E-state index contributed by atoms with van der Waals surface area (Å²) in [5.41, 5.74) is -1.38. The van der Waals surface area contributed by atoms with Crippen LogP contribution in [0.4, 0.5) is 13.6 Å². The van der Waals surface area contributed by atoms with Crippen molar-refractivity contribution in [1.29, 1.82) is 0 Å². The molecule has 33 heavy (non-hydrogen) atoms. The van der Waals surface area contributed by atoms with Crippen LogP contribution in [-0.4, -0.2) is 34.6 Å². The summed E-state index contributed by atoms with van der Waals surface area (Å²) in [6, 6.07) is 8.59. The first-order valence-electron chi connectivity index (χ1n) is 9.54. The first-order chi connectivity index (χ1) is 15.7. The first-order valence-corrected chi connectivity index (χ1v) is 9.54. The normalized spacial score (nSPS) is 10.8. The SMILES string of the molecule is COc1ccc(-n2cc(OC(=O)O)c(=O)n(Cc3cccc(C(F)F)c3C)c2=O)cc1OC. The van der Waals surface area contributed by atoms with Crippen molar-refractivity contribution >= 4 is 6.16 Å². The summed E-state index contributed by atoms with van der Waals surface area (Å²) in [6.07, 6.45) is -3.56. The van der Waals surface area contributed by atoms with E-state index in [0.717, 1.165) is 10.8 Å². The Balaban J connectivity index is 2.23. The van der Waals surface area contributed by atoms with Crippen LogP contribution in [0.2, 0.25) is 0 Å². The number of hydrogen-bond acceptors (Lipinski definition) is 6. The van der Waals surface area contributed by atoms with Gasteiger partial charge in [-0.1, -0.05) is 18.2 Å². The Bertz CT molecular complexity index is 1320. The van der Waals surface area contributed by atoms with Gasteiger partial charge in [0.2, 0.25) is 5.75 Å². The van der Waals surface area contributed by atoms with Crippen molar-refractivity contribution < 1.29 is 32.9 Å². The molecule has 0 aliphatic heterocycles. The highest BCUT2D eigenvalue weighted by atomic mass is 19.3. The summed E-state index contributed by atoms with van der Waals surface area (Å²) in [4.78, 5) is 37.2. The summed E-state index contributed by atoms with van der Waals surface area (Å²) in [6.45, 7) is 1.07. The highest BCUT2D eigenvalue weighted by Crippen LogP contribution is 2.29. The van der Waals surface area contributed by atoms with E-state index < -0.39 is 29.6 Å². The molecule has 9 nitrogen and oxygen atoms in total. The predicted molar refractivity (Wildman–Crippen MR) is 113 cm³/mol. The molecule has 174 valence electrons. The molecule has 0 amide bonds. The van der Waals surface area contributed by atoms with Crippen LogP contribution in [0.5, 0.6) is 17.2 Å². The highest BCUT2D eigenvalue weighted by molar-refractivity contribution is 5.60. The van der Waals surface area contributed by atoms with Gasteiger partial charge in [0.15, 0.2) is 11.5 Å². The zero-order valence-corrected chi connectivity index (χ0v) is 17.9. The van der Waals surface area contributed by atoms with E-state index in [0.29, 0.717) is 15.9 Å². The van der Waals surface area contributed by atoms with Crippen LogP contribution < -0.4 is 25.5 Å². The standard InChI is InChI=1S/C22H20F2N2O7/c1-12-13(5-4-6-15(12)19(23)24)10-26-20(27)18(33-22(29)30)11-25(21(26)28)14-7-8-16(31-2)17(9-14)32-3/h4-9,11,19H,10H2,1-3H3,(H,29,30). The van der Waals surface area contributed by atoms with Crippen molar-refractivity contribution in [2.75, 3.05) is 14.2 Å². The number of carbonyl (C=O) groups is 1. The Morgan fingerprint density at radius 3 is 2.36 bits per heavy atom. The molecule has 0 aliphatic carbocycles. The van der Waals surface area contributed by atoms with Gasteiger partial charge in [-0.25, -0.2) is 18.4 Å². The van der Waals surface area contributed by atoms with Gasteiger partial charge in [0.25, 0.3) is 12.0 Å². The number of aromatic nitrogens is 2. The average Bonchev–Trinajstić information content (AvgIpc) is 2.78. The summed E-state index contributed by atoms with van der Waals surface area (Å²) >= 11 is 0. The smallest absolute Gasteiger partial charge is 0.493 e. The molecule has 3 aromatic rings. The molecule has 0 aliphatic rings. The Morgan fingerprint density at radius 1 is 1.06 bits per heavy atom. The van der Waals surface area contributed by atoms with Gasteiger partial charge in [-0.05, 0) is 30.2 Å². The number of nitrogens with zero attached hydrogens (tertiary/aromatic N) is 2. The van der Waals surface area contributed by atoms with Gasteiger partial charge in [0.1, 0.15) is 0 Å². The second kappa shape index (κ2) is 9.55. The number of methoxy groups -OCH3 is 2. The molecule has 0 radical (unpaired) electrons. The number of alkyl halides is 2. The molecule has 0 spiro atoms. The molecule has 2 aromatic carbocycles. The minimum Gasteiger partial charge on any atom is -0.493 e. The number of benzene rings is 2. The van der Waals surface area contributed by atoms with Crippen LogP contribution >= 0.6 is 0 Å². The van der Waals surface area contributed by atoms with Crippen molar-refractivity contribution in [1.82, 2.24) is 9.13 Å². The molecule has 0 atom stereocenters. The van der Waals surface area contributed by atoms with Gasteiger partial charge in [-0.3, -0.25) is 13.9 Å². The molecule has 0 fully saturated rings. The van der Waals surface area contributed by atoms with Crippen LogP contribution in [0.15, 0.2) is 52.2 Å². The maximum atomic E-state index is 13.3. The molecule has 0 saturated heterocycles. The van der Waals surface area contributed by atoms with E-state index in [1.54, 1.807) is 0 Å². The molecule has 0 bridgehead atoms. The highest BCUT2D eigenvalue weighted by Gasteiger charge is 2.19. The van der Waals surface area contributed by atoms with E-state index in [1.807, 2.05) is 0 Å². The molecule has 3 rings (SSSR count). The van der Waals surface area contributed by atoms with Crippen molar-refractivity contribution in [3.63, 3.8) is 0 Å². The third-order valence-corrected chi connectivity index (χ3v) is 5.03. The molecule has 1 aromatic heterocycles. The largest absolute Gasteiger partial charge is 0.511 e. The molecular weight excluding hydrogens is 442 g/mol. The van der Waals surface area contributed by atoms with Gasteiger partial charge in [0.05, 0.1) is 32.6 Å². The quantitative estimate of drug-likeness (QED) is 0.536. The van der Waals surface area contributed by atoms with E-state index in [-0.39, 0.29) is 29.1 Å². The van der Waals surface area contributed by atoms with Crippen molar-refractivity contribution in [3.8, 4) is 22.9 Å². The molecule has 1 heterocycles. The number of halogens is 2. The summed E-state index contributed by atoms with van der Waals surface area (Å²) in [5, 5.41) is 9.02. The summed E-state index contributed by atoms with van der Waals surface area (Å²) in [5.74, 6) is 0.0180. The Kier molecular flexibility index (Phi) is 6.80. The Morgan fingerprint density at radius 2 is 1.76 bits per heavy atom. The average molecular weight is 462 g/mol. The maximum Gasteiger partial charge on any atom is 0.511 e. The fourth-order valence-electron chi connectivity index (χ4n) is 3.32. The van der Waals surface area contributed by atoms with E-state index in [4.69, 9.17) is 14.6 Å². The Hall–Kier alpha value is -4.15. The lowest BCUT2D eigenvalue weighted by Gasteiger charge is -2.16. The third kappa shape index (κ3) is 4.71. The second-order valence-electron chi connectivity index (χ2n) is 6.88. The molecule has 1 N–H and O–H groups in total. The summed E-state index contributed by atoms with van der Waals surface area (Å²) in [7, 11) is 2.82. The second-order valence-corrected chi connectivity index (χ2v) is 6.88. The molecule has 0 saturated carbocycles. The van der Waals surface area contributed by atoms with Crippen LogP contribution in [0.1, 0.15) is 23.1 Å². The number of carboxylic acid groups (broad SMARTS) is 1. The van der Waals surface area contributed by atoms with Gasteiger partial charge in [0, 0.05) is 11.6 Å². The lowest BCUT2D eigenvalue weighted by molar-refractivity contribution is 0.143. The lowest BCUT2D eigenvalue weighted by Crippen LogP contribution is -2.40. The molecular formula is C22H20F2N2O7. The van der Waals surface area contributed by atoms with Gasteiger partial charge >= 0.3 is 11.8 Å². The van der Waals surface area contributed by atoms with Crippen LogP contribution in [0.3, 0.4) is 0 Å². The van der Waals surface area contributed by atoms with Crippen LogP contribution in [0, 0.1) is 6.92 Å². The van der Waals surface area contributed by atoms with E-state index in [2.05, 4.69) is 4.74 Å². The predicted octanol–water partition coefficient (Wildman–Crippen LogP) is 3.37. The molecule has 0 unspecified atom stereocenters. The van der Waals surface area contributed by atoms with E-state index in [1.165, 1.54) is 57.5 Å². The monoisotopic (exact) mass is 462 g/mol. The van der Waals surface area contributed by atoms with Crippen molar-refractivity contribution in [3.05, 3.63) is 80.1 Å². The van der Waals surface area contributed by atoms with Crippen LogP contribution in [0.25, 0.3) is 5.69 Å². The number of ether oxygens (including phenoxy) is 3. The minimum atomic E-state index is -2.74. The van der Waals surface area contributed by atoms with Gasteiger partial charge in [-0.15, -0.1) is 0 Å². The summed E-state index contributed by atoms with van der Waals surface area (Å²) < 4.78 is 43.3. The molecule has 11 heteroatoms. The zero-order chi connectivity index (χ0) is 24.3. The van der Waals surface area contributed by atoms with E-state index >= 15 is 0 Å². The maximum absolute atomic E-state index is 13.3. The fraction of sp³-hybridized carbons (Fsp3) is 0.227. The number of hydrogen-bond donors (Lipinski definition) is 1. The zero-order valence-electron chi connectivity index (χ0n) is 17.9. The lowest BCUT2D eigenvalue weighted by atomic mass is 10.0. The third-order valence-electron chi connectivity index (χ3n) is 5.03. The van der Waals surface area contributed by atoms with Crippen molar-refractivity contribution in [2.45, 2.75) is 19.9 Å².